The number of hydrogen-bond acceptors (Lipinski definition) is 4. The third-order valence-electron chi connectivity index (χ3n) is 3.35. The predicted octanol–water partition coefficient (Wildman–Crippen LogP) is 4.00. The summed E-state index contributed by atoms with van der Waals surface area (Å²) >= 11 is 13.5. The third-order valence-corrected chi connectivity index (χ3v) is 5.00. The highest BCUT2D eigenvalue weighted by Crippen LogP contribution is 2.24. The summed E-state index contributed by atoms with van der Waals surface area (Å²) in [5.41, 5.74) is 6.93. The van der Waals surface area contributed by atoms with Gasteiger partial charge in [0, 0.05) is 24.4 Å². The van der Waals surface area contributed by atoms with Crippen LogP contribution < -0.4 is 5.73 Å². The first-order valence-electron chi connectivity index (χ1n) is 7.31. The molecular formula is C16H19Cl2N3OS. The molecule has 0 fully saturated rings. The second-order valence-electron chi connectivity index (χ2n) is 5.44. The van der Waals surface area contributed by atoms with Gasteiger partial charge in [0.15, 0.2) is 0 Å². The molecule has 0 saturated carbocycles. The number of amides is 1. The van der Waals surface area contributed by atoms with Gasteiger partial charge in [-0.05, 0) is 38.1 Å². The maximum absolute atomic E-state index is 12.7. The molecule has 0 radical (unpaired) electrons. The molecule has 0 aliphatic heterocycles. The molecule has 2 N–H and O–H groups in total. The monoisotopic (exact) mass is 371 g/mol. The highest BCUT2D eigenvalue weighted by Gasteiger charge is 2.21. The maximum atomic E-state index is 12.7. The summed E-state index contributed by atoms with van der Waals surface area (Å²) in [5, 5.41) is 3.66. The Morgan fingerprint density at radius 1 is 1.35 bits per heavy atom. The summed E-state index contributed by atoms with van der Waals surface area (Å²) in [6, 6.07) is 5.44. The average molecular weight is 372 g/mol. The van der Waals surface area contributed by atoms with Crippen LogP contribution in [-0.2, 0) is 13.0 Å². The first-order chi connectivity index (χ1) is 10.9. The maximum Gasteiger partial charge on any atom is 0.273 e. The lowest BCUT2D eigenvalue weighted by Gasteiger charge is -2.26. The van der Waals surface area contributed by atoms with Crippen molar-refractivity contribution in [2.45, 2.75) is 32.9 Å². The van der Waals surface area contributed by atoms with Crippen LogP contribution >= 0.6 is 34.5 Å². The summed E-state index contributed by atoms with van der Waals surface area (Å²) in [6.45, 7) is 4.93. The molecule has 7 heteroatoms. The van der Waals surface area contributed by atoms with Crippen LogP contribution in [-0.4, -0.2) is 28.4 Å². The van der Waals surface area contributed by atoms with E-state index in [-0.39, 0.29) is 11.9 Å². The number of nitrogens with zero attached hydrogens (tertiary/aromatic N) is 2. The zero-order valence-corrected chi connectivity index (χ0v) is 15.4. The average Bonchev–Trinajstić information content (AvgIpc) is 2.96. The van der Waals surface area contributed by atoms with E-state index >= 15 is 0 Å². The molecule has 0 aliphatic carbocycles. The van der Waals surface area contributed by atoms with Crippen molar-refractivity contribution in [3.63, 3.8) is 0 Å². The first kappa shape index (κ1) is 18.2. The Kier molecular flexibility index (Phi) is 6.41. The minimum absolute atomic E-state index is 0.0385. The highest BCUT2D eigenvalue weighted by molar-refractivity contribution is 7.09. The van der Waals surface area contributed by atoms with Gasteiger partial charge in [-0.2, -0.15) is 0 Å². The van der Waals surface area contributed by atoms with Gasteiger partial charge in [0.2, 0.25) is 0 Å². The first-order valence-corrected chi connectivity index (χ1v) is 8.95. The van der Waals surface area contributed by atoms with E-state index in [9.17, 15) is 4.79 Å². The van der Waals surface area contributed by atoms with Crippen molar-refractivity contribution in [3.8, 4) is 0 Å². The molecule has 2 aromatic rings. The van der Waals surface area contributed by atoms with Gasteiger partial charge < -0.3 is 10.6 Å². The van der Waals surface area contributed by atoms with Crippen molar-refractivity contribution < 1.29 is 4.79 Å². The fourth-order valence-corrected chi connectivity index (χ4v) is 3.23. The van der Waals surface area contributed by atoms with Crippen LogP contribution in [0.2, 0.25) is 10.0 Å². The molecule has 0 unspecified atom stereocenters. The predicted molar refractivity (Wildman–Crippen MR) is 96.3 cm³/mol. The van der Waals surface area contributed by atoms with E-state index in [0.717, 1.165) is 10.6 Å². The number of aromatic nitrogens is 1. The fraction of sp³-hybridized carbons (Fsp3) is 0.375. The molecule has 1 aromatic carbocycles. The molecule has 1 heterocycles. The molecule has 124 valence electrons. The van der Waals surface area contributed by atoms with Crippen LogP contribution in [0.15, 0.2) is 23.6 Å². The second-order valence-corrected chi connectivity index (χ2v) is 7.20. The number of nitrogens with two attached hydrogens (primary N) is 1. The Morgan fingerprint density at radius 2 is 2.09 bits per heavy atom. The van der Waals surface area contributed by atoms with Gasteiger partial charge in [0.25, 0.3) is 5.91 Å². The third kappa shape index (κ3) is 4.67. The summed E-state index contributed by atoms with van der Waals surface area (Å²) < 4.78 is 0. The van der Waals surface area contributed by atoms with Crippen LogP contribution in [0.4, 0.5) is 0 Å². The van der Waals surface area contributed by atoms with Gasteiger partial charge >= 0.3 is 0 Å². The zero-order chi connectivity index (χ0) is 17.0. The number of thiazole rings is 1. The van der Waals surface area contributed by atoms with E-state index < -0.39 is 0 Å². The van der Waals surface area contributed by atoms with Gasteiger partial charge in [-0.3, -0.25) is 4.79 Å². The summed E-state index contributed by atoms with van der Waals surface area (Å²) in [7, 11) is 0. The topological polar surface area (TPSA) is 59.2 Å². The molecule has 0 spiro atoms. The van der Waals surface area contributed by atoms with Crippen molar-refractivity contribution in [2.24, 2.45) is 5.73 Å². The van der Waals surface area contributed by atoms with E-state index in [4.69, 9.17) is 28.9 Å². The normalized spacial score (nSPS) is 11.0. The number of carbonyl (C=O) groups is 1. The SMILES string of the molecule is CC(C)N(Cc1ccc(Cl)c(Cl)c1)C(=O)c1csc(CCN)n1. The van der Waals surface area contributed by atoms with E-state index in [0.29, 0.717) is 35.2 Å². The van der Waals surface area contributed by atoms with Crippen molar-refractivity contribution in [1.82, 2.24) is 9.88 Å². The Hall–Kier alpha value is -1.14. The van der Waals surface area contributed by atoms with Crippen LogP contribution in [0.1, 0.15) is 34.9 Å². The molecule has 0 bridgehead atoms. The molecular weight excluding hydrogens is 353 g/mol. The lowest BCUT2D eigenvalue weighted by atomic mass is 10.1. The fourth-order valence-electron chi connectivity index (χ4n) is 2.12. The van der Waals surface area contributed by atoms with Gasteiger partial charge in [-0.15, -0.1) is 11.3 Å². The zero-order valence-electron chi connectivity index (χ0n) is 13.1. The van der Waals surface area contributed by atoms with Crippen molar-refractivity contribution in [2.75, 3.05) is 6.54 Å². The summed E-state index contributed by atoms with van der Waals surface area (Å²) in [4.78, 5) is 18.9. The van der Waals surface area contributed by atoms with Gasteiger partial charge in [-0.25, -0.2) is 4.98 Å². The van der Waals surface area contributed by atoms with E-state index in [1.165, 1.54) is 11.3 Å². The molecule has 0 saturated heterocycles. The molecule has 0 atom stereocenters. The number of carbonyl (C=O) groups excluding carboxylic acids is 1. The summed E-state index contributed by atoms with van der Waals surface area (Å²) in [6.07, 6.45) is 0.687. The van der Waals surface area contributed by atoms with Gasteiger partial charge in [0.1, 0.15) is 5.69 Å². The molecule has 4 nitrogen and oxygen atoms in total. The van der Waals surface area contributed by atoms with Gasteiger partial charge in [0.05, 0.1) is 15.1 Å². The Morgan fingerprint density at radius 3 is 2.70 bits per heavy atom. The van der Waals surface area contributed by atoms with E-state index in [1.54, 1.807) is 22.4 Å². The Labute approximate surface area is 150 Å². The largest absolute Gasteiger partial charge is 0.331 e. The standard InChI is InChI=1S/C16H19Cl2N3OS/c1-10(2)21(8-11-3-4-12(17)13(18)7-11)16(22)14-9-23-15(20-14)5-6-19/h3-4,7,9-10H,5-6,8,19H2,1-2H3. The Bertz CT molecular complexity index is 688. The second kappa shape index (κ2) is 8.11. The number of halogens is 2. The molecule has 1 aromatic heterocycles. The number of hydrogen-bond donors (Lipinski definition) is 1. The van der Waals surface area contributed by atoms with Crippen LogP contribution in [0.25, 0.3) is 0 Å². The number of benzene rings is 1. The molecule has 1 amide bonds. The Balaban J connectivity index is 2.19. The minimum Gasteiger partial charge on any atom is -0.331 e. The highest BCUT2D eigenvalue weighted by atomic mass is 35.5. The van der Waals surface area contributed by atoms with Crippen molar-refractivity contribution >= 4 is 40.4 Å². The van der Waals surface area contributed by atoms with Crippen LogP contribution in [0.3, 0.4) is 0 Å². The molecule has 0 aliphatic rings. The number of rotatable bonds is 6. The lowest BCUT2D eigenvalue weighted by Crippen LogP contribution is -2.36. The molecule has 23 heavy (non-hydrogen) atoms. The smallest absolute Gasteiger partial charge is 0.273 e. The van der Waals surface area contributed by atoms with Crippen LogP contribution in [0.5, 0.6) is 0 Å². The van der Waals surface area contributed by atoms with E-state index in [1.807, 2.05) is 19.9 Å². The lowest BCUT2D eigenvalue weighted by molar-refractivity contribution is 0.0685. The quantitative estimate of drug-likeness (QED) is 0.834. The van der Waals surface area contributed by atoms with E-state index in [2.05, 4.69) is 4.98 Å². The van der Waals surface area contributed by atoms with Gasteiger partial charge in [-0.1, -0.05) is 29.3 Å². The summed E-state index contributed by atoms with van der Waals surface area (Å²) in [5.74, 6) is -0.0920. The van der Waals surface area contributed by atoms with Crippen molar-refractivity contribution in [3.05, 3.63) is 49.9 Å². The molecule has 2 rings (SSSR count). The van der Waals surface area contributed by atoms with Crippen LogP contribution in [0, 0.1) is 0 Å². The minimum atomic E-state index is -0.0920. The van der Waals surface area contributed by atoms with Crippen molar-refractivity contribution in [1.29, 1.82) is 0 Å².